The van der Waals surface area contributed by atoms with Crippen LogP contribution in [0.3, 0.4) is 0 Å². The molecule has 0 aliphatic carbocycles. The normalized spacial score (nSPS) is 15.2. The summed E-state index contributed by atoms with van der Waals surface area (Å²) in [6.45, 7) is 9.00. The van der Waals surface area contributed by atoms with E-state index < -0.39 is 29.0 Å². The number of Topliss-reactive ketones (excluding diaryl/α,β-unsaturated/α-hetero) is 1. The maximum Gasteiger partial charge on any atom is 0.291 e. The van der Waals surface area contributed by atoms with Gasteiger partial charge in [-0.25, -0.2) is 4.39 Å². The molecule has 1 aliphatic rings. The summed E-state index contributed by atoms with van der Waals surface area (Å²) >= 11 is 0. The van der Waals surface area contributed by atoms with E-state index in [1.165, 1.54) is 12.1 Å². The summed E-state index contributed by atoms with van der Waals surface area (Å²) in [6.07, 6.45) is 1.31. The molecule has 0 bridgehead atoms. The molecule has 1 N–H and O–H groups in total. The van der Waals surface area contributed by atoms with Crippen LogP contribution in [0.2, 0.25) is 0 Å². The molecule has 0 radical (unpaired) electrons. The molecule has 0 saturated carbocycles. The summed E-state index contributed by atoms with van der Waals surface area (Å²) in [5.41, 5.74) is 2.77. The second-order valence-electron chi connectivity index (χ2n) is 8.01. The first-order chi connectivity index (χ1) is 14.7. The highest BCUT2D eigenvalue weighted by molar-refractivity contribution is 6.40. The van der Waals surface area contributed by atoms with E-state index in [0.29, 0.717) is 39.9 Å². The molecular formula is C24H23FN2O4. The summed E-state index contributed by atoms with van der Waals surface area (Å²) in [4.78, 5) is 41.5. The monoisotopic (exact) mass is 422 g/mol. The number of nitrogens with zero attached hydrogens (tertiary/aromatic N) is 1. The van der Waals surface area contributed by atoms with Gasteiger partial charge in [-0.3, -0.25) is 14.4 Å². The smallest absolute Gasteiger partial charge is 0.291 e. The van der Waals surface area contributed by atoms with E-state index in [9.17, 15) is 18.8 Å². The molecule has 0 spiro atoms. The van der Waals surface area contributed by atoms with Gasteiger partial charge in [0.2, 0.25) is 11.9 Å². The maximum atomic E-state index is 13.8. The van der Waals surface area contributed by atoms with E-state index in [4.69, 9.17) is 4.84 Å². The van der Waals surface area contributed by atoms with Gasteiger partial charge in [-0.15, -0.1) is 0 Å². The van der Waals surface area contributed by atoms with Crippen molar-refractivity contribution >= 4 is 35.5 Å². The lowest BCUT2D eigenvalue weighted by Crippen LogP contribution is -2.31. The first-order valence-corrected chi connectivity index (χ1v) is 9.73. The molecule has 2 aromatic rings. The lowest BCUT2D eigenvalue weighted by molar-refractivity contribution is -0.135. The van der Waals surface area contributed by atoms with Gasteiger partial charge in [-0.1, -0.05) is 43.8 Å². The molecule has 3 rings (SSSR count). The first-order valence-electron chi connectivity index (χ1n) is 9.73. The highest BCUT2D eigenvalue weighted by atomic mass is 19.1. The number of oxime groups is 1. The van der Waals surface area contributed by atoms with E-state index in [1.807, 2.05) is 0 Å². The quantitative estimate of drug-likeness (QED) is 0.531. The summed E-state index contributed by atoms with van der Waals surface area (Å²) in [6, 6.07) is 9.17. The van der Waals surface area contributed by atoms with E-state index in [2.05, 4.69) is 17.1 Å². The van der Waals surface area contributed by atoms with Crippen LogP contribution in [0, 0.1) is 5.82 Å². The molecule has 1 heterocycles. The SMILES string of the molecule is C=Cc1ccc(F)cc1C(C)(C)CC(=O)C(=O)Nc1ccc2c(c1)C(C)=NOC2C=O. The Bertz CT molecular complexity index is 1100. The van der Waals surface area contributed by atoms with Crippen LogP contribution in [0.15, 0.2) is 48.1 Å². The number of carbonyl (C=O) groups excluding carboxylic acids is 3. The minimum Gasteiger partial charge on any atom is -0.380 e. The zero-order valence-electron chi connectivity index (χ0n) is 17.6. The minimum absolute atomic E-state index is 0.115. The van der Waals surface area contributed by atoms with Crippen molar-refractivity contribution in [2.24, 2.45) is 5.16 Å². The second kappa shape index (κ2) is 8.63. The van der Waals surface area contributed by atoms with Gasteiger partial charge in [0.1, 0.15) is 5.82 Å². The topological polar surface area (TPSA) is 84.8 Å². The molecule has 1 atom stereocenters. The number of nitrogens with one attached hydrogen (secondary N) is 1. The molecule has 0 saturated heterocycles. The van der Waals surface area contributed by atoms with Gasteiger partial charge < -0.3 is 10.2 Å². The number of carbonyl (C=O) groups is 3. The lowest BCUT2D eigenvalue weighted by Gasteiger charge is -2.26. The average molecular weight is 422 g/mol. The molecule has 7 heteroatoms. The fraction of sp³-hybridized carbons (Fsp3) is 0.250. The number of anilines is 1. The predicted octanol–water partition coefficient (Wildman–Crippen LogP) is 4.34. The second-order valence-corrected chi connectivity index (χ2v) is 8.01. The van der Waals surface area contributed by atoms with Crippen molar-refractivity contribution in [2.45, 2.75) is 38.7 Å². The van der Waals surface area contributed by atoms with Crippen LogP contribution in [-0.4, -0.2) is 23.7 Å². The number of amides is 1. The number of rotatable bonds is 7. The van der Waals surface area contributed by atoms with Gasteiger partial charge in [0.25, 0.3) is 5.91 Å². The molecule has 2 aromatic carbocycles. The molecule has 0 aromatic heterocycles. The fourth-order valence-electron chi connectivity index (χ4n) is 3.61. The Morgan fingerprint density at radius 2 is 2.00 bits per heavy atom. The van der Waals surface area contributed by atoms with Crippen molar-refractivity contribution < 1.29 is 23.6 Å². The molecule has 160 valence electrons. The van der Waals surface area contributed by atoms with Crippen molar-refractivity contribution in [2.75, 3.05) is 5.32 Å². The first kappa shape index (κ1) is 22.1. The summed E-state index contributed by atoms with van der Waals surface area (Å²) in [5.74, 6) is -1.84. The van der Waals surface area contributed by atoms with Crippen molar-refractivity contribution in [1.29, 1.82) is 0 Å². The number of hydrogen-bond acceptors (Lipinski definition) is 5. The fourth-order valence-corrected chi connectivity index (χ4v) is 3.61. The van der Waals surface area contributed by atoms with Gasteiger partial charge in [0.15, 0.2) is 6.29 Å². The van der Waals surface area contributed by atoms with Crippen molar-refractivity contribution in [1.82, 2.24) is 0 Å². The Morgan fingerprint density at radius 1 is 1.26 bits per heavy atom. The molecule has 1 amide bonds. The molecule has 0 fully saturated rings. The van der Waals surface area contributed by atoms with Crippen LogP contribution in [-0.2, 0) is 24.6 Å². The van der Waals surface area contributed by atoms with Crippen LogP contribution in [0.1, 0.15) is 55.5 Å². The van der Waals surface area contributed by atoms with Crippen LogP contribution in [0.4, 0.5) is 10.1 Å². The van der Waals surface area contributed by atoms with E-state index in [1.54, 1.807) is 51.1 Å². The molecule has 1 aliphatic heterocycles. The lowest BCUT2D eigenvalue weighted by atomic mass is 9.77. The zero-order chi connectivity index (χ0) is 22.8. The van der Waals surface area contributed by atoms with Crippen LogP contribution >= 0.6 is 0 Å². The summed E-state index contributed by atoms with van der Waals surface area (Å²) in [5, 5.41) is 6.44. The summed E-state index contributed by atoms with van der Waals surface area (Å²) in [7, 11) is 0. The third-order valence-electron chi connectivity index (χ3n) is 5.25. The van der Waals surface area contributed by atoms with Gasteiger partial charge in [-0.05, 0) is 47.7 Å². The number of benzene rings is 2. The molecule has 1 unspecified atom stereocenters. The molecule has 31 heavy (non-hydrogen) atoms. The van der Waals surface area contributed by atoms with Crippen molar-refractivity contribution in [3.63, 3.8) is 0 Å². The highest BCUT2D eigenvalue weighted by Crippen LogP contribution is 2.32. The summed E-state index contributed by atoms with van der Waals surface area (Å²) < 4.78 is 13.8. The van der Waals surface area contributed by atoms with Gasteiger partial charge in [-0.2, -0.15) is 0 Å². The van der Waals surface area contributed by atoms with E-state index >= 15 is 0 Å². The van der Waals surface area contributed by atoms with Crippen molar-refractivity contribution in [3.05, 3.63) is 71.0 Å². The number of fused-ring (bicyclic) bond motifs is 1. The van der Waals surface area contributed by atoms with Crippen LogP contribution in [0.5, 0.6) is 0 Å². The number of aldehydes is 1. The number of hydrogen-bond donors (Lipinski definition) is 1. The third-order valence-corrected chi connectivity index (χ3v) is 5.25. The molecular weight excluding hydrogens is 399 g/mol. The zero-order valence-corrected chi connectivity index (χ0v) is 17.6. The maximum absolute atomic E-state index is 13.8. The number of halogens is 1. The number of ketones is 1. The Morgan fingerprint density at radius 3 is 2.68 bits per heavy atom. The standard InChI is InChI=1S/C24H23FN2O4/c1-5-15-6-7-16(25)10-20(15)24(3,4)12-21(29)23(30)26-17-8-9-18-19(11-17)14(2)27-31-22(18)13-28/h5-11,13,22H,1,12H2,2-4H3,(H,26,30). The van der Waals surface area contributed by atoms with Gasteiger partial charge in [0.05, 0.1) is 5.71 Å². The average Bonchev–Trinajstić information content (AvgIpc) is 2.74. The van der Waals surface area contributed by atoms with Crippen LogP contribution < -0.4 is 5.32 Å². The minimum atomic E-state index is -0.809. The molecule has 6 nitrogen and oxygen atoms in total. The van der Waals surface area contributed by atoms with Gasteiger partial charge >= 0.3 is 0 Å². The van der Waals surface area contributed by atoms with E-state index in [-0.39, 0.29) is 6.42 Å². The highest BCUT2D eigenvalue weighted by Gasteiger charge is 2.30. The van der Waals surface area contributed by atoms with Gasteiger partial charge in [0, 0.05) is 23.2 Å². The van der Waals surface area contributed by atoms with Crippen LogP contribution in [0.25, 0.3) is 6.08 Å². The Kier molecular flexibility index (Phi) is 6.15. The largest absolute Gasteiger partial charge is 0.380 e. The Balaban J connectivity index is 1.77. The Labute approximate surface area is 179 Å². The van der Waals surface area contributed by atoms with Crippen molar-refractivity contribution in [3.8, 4) is 0 Å². The van der Waals surface area contributed by atoms with E-state index in [0.717, 1.165) is 0 Å². The predicted molar refractivity (Wildman–Crippen MR) is 116 cm³/mol. The third kappa shape index (κ3) is 4.60. The Hall–Kier alpha value is -3.61.